The first-order valence-corrected chi connectivity index (χ1v) is 9.26. The Morgan fingerprint density at radius 1 is 1.39 bits per heavy atom. The van der Waals surface area contributed by atoms with E-state index in [1.54, 1.807) is 11.3 Å². The highest BCUT2D eigenvalue weighted by Crippen LogP contribution is 2.32. The van der Waals surface area contributed by atoms with Gasteiger partial charge in [0, 0.05) is 29.7 Å². The number of imidazole rings is 1. The number of piperidine rings is 1. The lowest BCUT2D eigenvalue weighted by atomic mass is 9.97. The van der Waals surface area contributed by atoms with Crippen molar-refractivity contribution in [2.24, 2.45) is 0 Å². The standard InChI is InChI=1S/C18H22N4S/c1-2-13-6-3-4-8-15(13)20-18-21-16(14-7-5-9-19-12-14)17-22(18)10-11-23-17/h3-4,6,8,10-11,14,19H,2,5,7,9,12H2,1H3,(H,20,21)/t14-/m0/s1. The maximum absolute atomic E-state index is 4.97. The van der Waals surface area contributed by atoms with Gasteiger partial charge in [0.1, 0.15) is 4.83 Å². The van der Waals surface area contributed by atoms with Crippen LogP contribution in [0.5, 0.6) is 0 Å². The lowest BCUT2D eigenvalue weighted by Gasteiger charge is -2.20. The van der Waals surface area contributed by atoms with Crippen molar-refractivity contribution in [3.05, 3.63) is 47.1 Å². The normalized spacial score (nSPS) is 18.4. The van der Waals surface area contributed by atoms with E-state index < -0.39 is 0 Å². The quantitative estimate of drug-likeness (QED) is 0.756. The molecular weight excluding hydrogens is 304 g/mol. The zero-order valence-electron chi connectivity index (χ0n) is 13.4. The smallest absolute Gasteiger partial charge is 0.213 e. The highest BCUT2D eigenvalue weighted by molar-refractivity contribution is 7.15. The van der Waals surface area contributed by atoms with Crippen LogP contribution in [0, 0.1) is 0 Å². The van der Waals surface area contributed by atoms with Crippen molar-refractivity contribution in [2.45, 2.75) is 32.1 Å². The van der Waals surface area contributed by atoms with Crippen LogP contribution in [-0.2, 0) is 6.42 Å². The number of hydrogen-bond donors (Lipinski definition) is 2. The van der Waals surface area contributed by atoms with Gasteiger partial charge in [0.2, 0.25) is 5.95 Å². The highest BCUT2D eigenvalue weighted by Gasteiger charge is 2.23. The Balaban J connectivity index is 1.71. The van der Waals surface area contributed by atoms with Gasteiger partial charge >= 0.3 is 0 Å². The van der Waals surface area contributed by atoms with Gasteiger partial charge < -0.3 is 10.6 Å². The lowest BCUT2D eigenvalue weighted by Crippen LogP contribution is -2.28. The fourth-order valence-electron chi connectivity index (χ4n) is 3.36. The molecule has 1 fully saturated rings. The summed E-state index contributed by atoms with van der Waals surface area (Å²) in [4.78, 5) is 6.24. The Bertz CT molecular complexity index is 798. The van der Waals surface area contributed by atoms with E-state index in [2.05, 4.69) is 57.8 Å². The van der Waals surface area contributed by atoms with Crippen LogP contribution in [0.15, 0.2) is 35.8 Å². The summed E-state index contributed by atoms with van der Waals surface area (Å²) in [5, 5.41) is 9.20. The average Bonchev–Trinajstić information content (AvgIpc) is 3.20. The summed E-state index contributed by atoms with van der Waals surface area (Å²) in [6, 6.07) is 8.47. The monoisotopic (exact) mass is 326 g/mol. The summed E-state index contributed by atoms with van der Waals surface area (Å²) in [6.45, 7) is 4.36. The van der Waals surface area contributed by atoms with E-state index in [0.717, 1.165) is 31.1 Å². The first-order valence-electron chi connectivity index (χ1n) is 8.38. The number of benzene rings is 1. The van der Waals surface area contributed by atoms with E-state index in [4.69, 9.17) is 4.98 Å². The number of aryl methyl sites for hydroxylation is 1. The molecule has 4 rings (SSSR count). The zero-order valence-corrected chi connectivity index (χ0v) is 14.2. The molecule has 3 heterocycles. The predicted molar refractivity (Wildman–Crippen MR) is 97.0 cm³/mol. The number of rotatable bonds is 4. The van der Waals surface area contributed by atoms with Crippen molar-refractivity contribution in [1.82, 2.24) is 14.7 Å². The second-order valence-electron chi connectivity index (χ2n) is 6.08. The molecule has 2 N–H and O–H groups in total. The van der Waals surface area contributed by atoms with Gasteiger partial charge in [0.05, 0.1) is 5.69 Å². The topological polar surface area (TPSA) is 41.4 Å². The summed E-state index contributed by atoms with van der Waals surface area (Å²) >= 11 is 1.78. The Hall–Kier alpha value is -1.85. The van der Waals surface area contributed by atoms with E-state index in [1.165, 1.54) is 28.9 Å². The van der Waals surface area contributed by atoms with Crippen LogP contribution in [0.4, 0.5) is 11.6 Å². The third kappa shape index (κ3) is 2.75. The van der Waals surface area contributed by atoms with Gasteiger partial charge in [-0.2, -0.15) is 0 Å². The molecule has 0 amide bonds. The average molecular weight is 326 g/mol. The molecule has 0 radical (unpaired) electrons. The third-order valence-corrected chi connectivity index (χ3v) is 5.50. The van der Waals surface area contributed by atoms with Crippen LogP contribution in [-0.4, -0.2) is 22.5 Å². The van der Waals surface area contributed by atoms with E-state index in [-0.39, 0.29) is 0 Å². The minimum Gasteiger partial charge on any atom is -0.325 e. The number of thiazole rings is 1. The third-order valence-electron chi connectivity index (χ3n) is 4.61. The molecule has 1 aliphatic heterocycles. The van der Waals surface area contributed by atoms with Crippen molar-refractivity contribution in [1.29, 1.82) is 0 Å². The number of para-hydroxylation sites is 1. The molecule has 0 bridgehead atoms. The van der Waals surface area contributed by atoms with Crippen molar-refractivity contribution in [3.8, 4) is 0 Å². The maximum Gasteiger partial charge on any atom is 0.213 e. The molecule has 4 nitrogen and oxygen atoms in total. The summed E-state index contributed by atoms with van der Waals surface area (Å²) in [5.41, 5.74) is 3.71. The molecule has 0 spiro atoms. The van der Waals surface area contributed by atoms with Crippen LogP contribution >= 0.6 is 11.3 Å². The molecule has 120 valence electrons. The first kappa shape index (κ1) is 14.7. The van der Waals surface area contributed by atoms with Crippen LogP contribution in [0.25, 0.3) is 4.83 Å². The molecule has 1 aromatic carbocycles. The minimum atomic E-state index is 0.523. The van der Waals surface area contributed by atoms with E-state index >= 15 is 0 Å². The molecule has 1 saturated heterocycles. The first-order chi connectivity index (χ1) is 11.4. The van der Waals surface area contributed by atoms with Crippen molar-refractivity contribution < 1.29 is 0 Å². The SMILES string of the molecule is CCc1ccccc1Nc1nc([C@H]2CCCNC2)c2sccn12. The number of hydrogen-bond acceptors (Lipinski definition) is 4. The minimum absolute atomic E-state index is 0.523. The summed E-state index contributed by atoms with van der Waals surface area (Å²) in [7, 11) is 0. The van der Waals surface area contributed by atoms with Crippen LogP contribution in [0.3, 0.4) is 0 Å². The molecule has 2 aromatic heterocycles. The lowest BCUT2D eigenvalue weighted by molar-refractivity contribution is 0.458. The maximum atomic E-state index is 4.97. The second kappa shape index (κ2) is 6.34. The van der Waals surface area contributed by atoms with Gasteiger partial charge in [-0.1, -0.05) is 25.1 Å². The highest BCUT2D eigenvalue weighted by atomic mass is 32.1. The molecule has 3 aromatic rings. The van der Waals surface area contributed by atoms with Gasteiger partial charge in [0.15, 0.2) is 0 Å². The molecular formula is C18H22N4S. The molecule has 0 unspecified atom stereocenters. The fraction of sp³-hybridized carbons (Fsp3) is 0.389. The summed E-state index contributed by atoms with van der Waals surface area (Å²) in [5.74, 6) is 1.46. The summed E-state index contributed by atoms with van der Waals surface area (Å²) in [6.07, 6.45) is 5.59. The van der Waals surface area contributed by atoms with Crippen molar-refractivity contribution >= 4 is 27.8 Å². The molecule has 0 saturated carbocycles. The predicted octanol–water partition coefficient (Wildman–Crippen LogP) is 4.17. The second-order valence-corrected chi connectivity index (χ2v) is 6.97. The Morgan fingerprint density at radius 2 is 2.30 bits per heavy atom. The number of nitrogens with one attached hydrogen (secondary N) is 2. The fourth-order valence-corrected chi connectivity index (χ4v) is 4.26. The van der Waals surface area contributed by atoms with Crippen molar-refractivity contribution in [2.75, 3.05) is 18.4 Å². The molecule has 5 heteroatoms. The Kier molecular flexibility index (Phi) is 4.06. The van der Waals surface area contributed by atoms with Crippen LogP contribution in [0.2, 0.25) is 0 Å². The Labute approximate surface area is 140 Å². The van der Waals surface area contributed by atoms with Gasteiger partial charge in [0.25, 0.3) is 0 Å². The van der Waals surface area contributed by atoms with Crippen LogP contribution in [0.1, 0.15) is 36.9 Å². The van der Waals surface area contributed by atoms with Gasteiger partial charge in [-0.25, -0.2) is 4.98 Å². The van der Waals surface area contributed by atoms with E-state index in [9.17, 15) is 0 Å². The van der Waals surface area contributed by atoms with Gasteiger partial charge in [-0.05, 0) is 37.4 Å². The van der Waals surface area contributed by atoms with E-state index in [0.29, 0.717) is 5.92 Å². The number of nitrogens with zero attached hydrogens (tertiary/aromatic N) is 2. The molecule has 23 heavy (non-hydrogen) atoms. The van der Waals surface area contributed by atoms with Crippen molar-refractivity contribution in [3.63, 3.8) is 0 Å². The molecule has 0 aliphatic carbocycles. The number of fused-ring (bicyclic) bond motifs is 1. The summed E-state index contributed by atoms with van der Waals surface area (Å²) < 4.78 is 2.20. The largest absolute Gasteiger partial charge is 0.325 e. The van der Waals surface area contributed by atoms with Crippen LogP contribution < -0.4 is 10.6 Å². The number of aromatic nitrogens is 2. The van der Waals surface area contributed by atoms with Gasteiger partial charge in [-0.15, -0.1) is 11.3 Å². The Morgan fingerprint density at radius 3 is 3.13 bits per heavy atom. The zero-order chi connectivity index (χ0) is 15.6. The number of anilines is 2. The molecule has 1 atom stereocenters. The van der Waals surface area contributed by atoms with E-state index in [1.807, 2.05) is 0 Å². The van der Waals surface area contributed by atoms with Gasteiger partial charge in [-0.3, -0.25) is 4.40 Å². The molecule has 1 aliphatic rings.